The SMILES string of the molecule is CC(=O)Oc1c(O)cc(/C=C/c2ccccc2)cc1O. The van der Waals surface area contributed by atoms with Crippen LogP contribution in [0.1, 0.15) is 18.1 Å². The van der Waals surface area contributed by atoms with E-state index >= 15 is 0 Å². The van der Waals surface area contributed by atoms with E-state index in [1.54, 1.807) is 6.08 Å². The summed E-state index contributed by atoms with van der Waals surface area (Å²) in [5.41, 5.74) is 1.59. The topological polar surface area (TPSA) is 66.8 Å². The lowest BCUT2D eigenvalue weighted by molar-refractivity contribution is -0.132. The number of ether oxygens (including phenoxy) is 1. The Labute approximate surface area is 116 Å². The molecule has 0 aliphatic carbocycles. The molecule has 0 unspecified atom stereocenters. The summed E-state index contributed by atoms with van der Waals surface area (Å²) < 4.78 is 4.73. The van der Waals surface area contributed by atoms with Crippen molar-refractivity contribution in [1.82, 2.24) is 0 Å². The summed E-state index contributed by atoms with van der Waals surface area (Å²) in [4.78, 5) is 10.9. The van der Waals surface area contributed by atoms with Crippen LogP contribution in [0.2, 0.25) is 0 Å². The van der Waals surface area contributed by atoms with Gasteiger partial charge in [0, 0.05) is 6.92 Å². The smallest absolute Gasteiger partial charge is 0.308 e. The summed E-state index contributed by atoms with van der Waals surface area (Å²) in [7, 11) is 0. The van der Waals surface area contributed by atoms with Gasteiger partial charge in [0.1, 0.15) is 0 Å². The highest BCUT2D eigenvalue weighted by atomic mass is 16.5. The minimum absolute atomic E-state index is 0.227. The van der Waals surface area contributed by atoms with E-state index in [1.165, 1.54) is 19.1 Å². The van der Waals surface area contributed by atoms with E-state index in [9.17, 15) is 15.0 Å². The fraction of sp³-hybridized carbons (Fsp3) is 0.0625. The zero-order valence-electron chi connectivity index (χ0n) is 10.9. The van der Waals surface area contributed by atoms with Gasteiger partial charge in [0.05, 0.1) is 0 Å². The zero-order chi connectivity index (χ0) is 14.5. The van der Waals surface area contributed by atoms with Gasteiger partial charge in [-0.1, -0.05) is 42.5 Å². The summed E-state index contributed by atoms with van der Waals surface area (Å²) in [6.45, 7) is 1.20. The molecule has 2 rings (SSSR count). The average Bonchev–Trinajstić information content (AvgIpc) is 2.41. The van der Waals surface area contributed by atoms with E-state index in [-0.39, 0.29) is 17.2 Å². The molecule has 102 valence electrons. The first-order valence-corrected chi connectivity index (χ1v) is 6.04. The lowest BCUT2D eigenvalue weighted by atomic mass is 10.1. The monoisotopic (exact) mass is 270 g/mol. The van der Waals surface area contributed by atoms with E-state index in [0.717, 1.165) is 5.56 Å². The van der Waals surface area contributed by atoms with Crippen LogP contribution in [0.4, 0.5) is 0 Å². The fourth-order valence-electron chi connectivity index (χ4n) is 1.72. The largest absolute Gasteiger partial charge is 0.504 e. The minimum Gasteiger partial charge on any atom is -0.504 e. The number of phenols is 2. The molecule has 0 saturated carbocycles. The van der Waals surface area contributed by atoms with Crippen LogP contribution in [0.15, 0.2) is 42.5 Å². The van der Waals surface area contributed by atoms with Crippen LogP contribution in [0, 0.1) is 0 Å². The lowest BCUT2D eigenvalue weighted by Crippen LogP contribution is -2.01. The van der Waals surface area contributed by atoms with Crippen molar-refractivity contribution in [2.75, 3.05) is 0 Å². The van der Waals surface area contributed by atoms with Gasteiger partial charge in [-0.05, 0) is 23.3 Å². The highest BCUT2D eigenvalue weighted by Crippen LogP contribution is 2.37. The van der Waals surface area contributed by atoms with Crippen molar-refractivity contribution >= 4 is 18.1 Å². The lowest BCUT2D eigenvalue weighted by Gasteiger charge is -2.07. The van der Waals surface area contributed by atoms with Gasteiger partial charge in [0.2, 0.25) is 5.75 Å². The Morgan fingerprint density at radius 1 is 1.00 bits per heavy atom. The third kappa shape index (κ3) is 3.38. The number of phenolic OH excluding ortho intramolecular Hbond substituents is 2. The summed E-state index contributed by atoms with van der Waals surface area (Å²) in [6.07, 6.45) is 3.59. The molecule has 0 atom stereocenters. The number of esters is 1. The normalized spacial score (nSPS) is 10.7. The number of carbonyl (C=O) groups is 1. The van der Waals surface area contributed by atoms with Crippen LogP contribution in [-0.2, 0) is 4.79 Å². The van der Waals surface area contributed by atoms with Crippen molar-refractivity contribution in [2.24, 2.45) is 0 Å². The maximum atomic E-state index is 10.9. The second-order valence-electron chi connectivity index (χ2n) is 4.23. The molecule has 0 radical (unpaired) electrons. The van der Waals surface area contributed by atoms with E-state index in [0.29, 0.717) is 5.56 Å². The average molecular weight is 270 g/mol. The molecule has 2 aromatic rings. The van der Waals surface area contributed by atoms with Gasteiger partial charge in [-0.25, -0.2) is 0 Å². The molecular weight excluding hydrogens is 256 g/mol. The maximum Gasteiger partial charge on any atom is 0.308 e. The van der Waals surface area contributed by atoms with Crippen LogP contribution < -0.4 is 4.74 Å². The molecule has 0 aromatic heterocycles. The minimum atomic E-state index is -0.608. The van der Waals surface area contributed by atoms with E-state index in [1.807, 2.05) is 36.4 Å². The van der Waals surface area contributed by atoms with Crippen molar-refractivity contribution in [3.63, 3.8) is 0 Å². The molecule has 0 bridgehead atoms. The van der Waals surface area contributed by atoms with Crippen LogP contribution in [0.3, 0.4) is 0 Å². The van der Waals surface area contributed by atoms with Crippen molar-refractivity contribution in [2.45, 2.75) is 6.92 Å². The summed E-state index contributed by atoms with van der Waals surface area (Å²) in [6, 6.07) is 12.4. The second kappa shape index (κ2) is 5.93. The molecule has 0 amide bonds. The third-order valence-electron chi connectivity index (χ3n) is 2.59. The fourth-order valence-corrected chi connectivity index (χ4v) is 1.72. The van der Waals surface area contributed by atoms with E-state index in [4.69, 9.17) is 4.74 Å². The summed E-state index contributed by atoms with van der Waals surface area (Å²) in [5.74, 6) is -1.40. The first-order chi connectivity index (χ1) is 9.56. The molecule has 4 heteroatoms. The van der Waals surface area contributed by atoms with Gasteiger partial charge in [0.15, 0.2) is 11.5 Å². The maximum absolute atomic E-state index is 10.9. The molecule has 0 aliphatic heterocycles. The highest BCUT2D eigenvalue weighted by molar-refractivity contribution is 5.75. The van der Waals surface area contributed by atoms with Crippen molar-refractivity contribution in [1.29, 1.82) is 0 Å². The predicted octanol–water partition coefficient (Wildman–Crippen LogP) is 3.19. The zero-order valence-corrected chi connectivity index (χ0v) is 10.9. The Balaban J connectivity index is 2.26. The van der Waals surface area contributed by atoms with E-state index < -0.39 is 5.97 Å². The van der Waals surface area contributed by atoms with Gasteiger partial charge < -0.3 is 14.9 Å². The van der Waals surface area contributed by atoms with Crippen molar-refractivity contribution in [3.8, 4) is 17.2 Å². The molecule has 0 heterocycles. The second-order valence-corrected chi connectivity index (χ2v) is 4.23. The van der Waals surface area contributed by atoms with Crippen LogP contribution in [-0.4, -0.2) is 16.2 Å². The Morgan fingerprint density at radius 3 is 2.10 bits per heavy atom. The third-order valence-corrected chi connectivity index (χ3v) is 2.59. The van der Waals surface area contributed by atoms with Gasteiger partial charge >= 0.3 is 5.97 Å². The van der Waals surface area contributed by atoms with Crippen molar-refractivity contribution in [3.05, 3.63) is 53.6 Å². The summed E-state index contributed by atoms with van der Waals surface area (Å²) >= 11 is 0. The number of hydrogen-bond acceptors (Lipinski definition) is 4. The molecule has 2 N–H and O–H groups in total. The number of rotatable bonds is 3. The molecule has 4 nitrogen and oxygen atoms in total. The predicted molar refractivity (Wildman–Crippen MR) is 76.5 cm³/mol. The number of aromatic hydroxyl groups is 2. The number of carbonyl (C=O) groups excluding carboxylic acids is 1. The highest BCUT2D eigenvalue weighted by Gasteiger charge is 2.12. The molecule has 0 fully saturated rings. The Hall–Kier alpha value is -2.75. The van der Waals surface area contributed by atoms with Gasteiger partial charge in [-0.3, -0.25) is 4.79 Å². The Bertz CT molecular complexity index is 622. The van der Waals surface area contributed by atoms with Crippen LogP contribution >= 0.6 is 0 Å². The first kappa shape index (κ1) is 13.7. The molecule has 0 aliphatic rings. The van der Waals surface area contributed by atoms with E-state index in [2.05, 4.69) is 0 Å². The molecule has 2 aromatic carbocycles. The van der Waals surface area contributed by atoms with Gasteiger partial charge in [0.25, 0.3) is 0 Å². The number of benzene rings is 2. The Kier molecular flexibility index (Phi) is 4.05. The van der Waals surface area contributed by atoms with Crippen LogP contribution in [0.5, 0.6) is 17.2 Å². The molecule has 20 heavy (non-hydrogen) atoms. The standard InChI is InChI=1S/C16H14O4/c1-11(17)20-16-14(18)9-13(10-15(16)19)8-7-12-5-3-2-4-6-12/h2-10,18-19H,1H3/b8-7+. The van der Waals surface area contributed by atoms with Crippen LogP contribution in [0.25, 0.3) is 12.2 Å². The van der Waals surface area contributed by atoms with Gasteiger partial charge in [-0.15, -0.1) is 0 Å². The first-order valence-electron chi connectivity index (χ1n) is 6.04. The molecule has 0 spiro atoms. The van der Waals surface area contributed by atoms with Gasteiger partial charge in [-0.2, -0.15) is 0 Å². The molecular formula is C16H14O4. The quantitative estimate of drug-likeness (QED) is 0.510. The number of hydrogen-bond donors (Lipinski definition) is 2. The van der Waals surface area contributed by atoms with Crippen molar-refractivity contribution < 1.29 is 19.7 Å². The Morgan fingerprint density at radius 2 is 1.55 bits per heavy atom. The summed E-state index contributed by atoms with van der Waals surface area (Å²) in [5, 5.41) is 19.5. The molecule has 0 saturated heterocycles.